The van der Waals surface area contributed by atoms with Crippen molar-refractivity contribution in [1.29, 1.82) is 0 Å². The fourth-order valence-corrected chi connectivity index (χ4v) is 4.18. The first-order valence-electron chi connectivity index (χ1n) is 7.54. The van der Waals surface area contributed by atoms with Crippen LogP contribution in [0.15, 0.2) is 24.3 Å². The van der Waals surface area contributed by atoms with Gasteiger partial charge in [-0.25, -0.2) is 0 Å². The number of benzene rings is 1. The van der Waals surface area contributed by atoms with Crippen LogP contribution in [0.5, 0.6) is 11.8 Å². The molecule has 2 aliphatic rings. The molecule has 1 aromatic carbocycles. The highest BCUT2D eigenvalue weighted by Crippen LogP contribution is 2.62. The minimum atomic E-state index is -0.893. The van der Waals surface area contributed by atoms with Crippen LogP contribution < -0.4 is 0 Å². The average molecular weight is 330 g/mol. The van der Waals surface area contributed by atoms with Gasteiger partial charge in [0.1, 0.15) is 0 Å². The molecule has 2 aromatic rings. The van der Waals surface area contributed by atoms with Crippen LogP contribution >= 0.6 is 0 Å². The Balaban J connectivity index is 1.82. The van der Waals surface area contributed by atoms with Crippen molar-refractivity contribution in [1.82, 2.24) is 4.57 Å². The fourth-order valence-electron chi connectivity index (χ4n) is 4.18. The highest BCUT2D eigenvalue weighted by molar-refractivity contribution is 5.75. The lowest BCUT2D eigenvalue weighted by atomic mass is 9.85. The summed E-state index contributed by atoms with van der Waals surface area (Å²) in [5.74, 6) is -2.15. The third kappa shape index (κ3) is 1.76. The van der Waals surface area contributed by atoms with Gasteiger partial charge in [0, 0.05) is 29.2 Å². The third-order valence-electron chi connectivity index (χ3n) is 5.17. The minimum absolute atomic E-state index is 0.0868. The Kier molecular flexibility index (Phi) is 2.87. The second-order valence-corrected chi connectivity index (χ2v) is 6.30. The molecule has 1 heterocycles. The SMILES string of the molecule is O=C(O)C1CC2CC1c1c2c(O)n(-c2ccc([N+](=O)[O-])cc2)c1O. The van der Waals surface area contributed by atoms with E-state index in [1.54, 1.807) is 0 Å². The molecule has 2 aliphatic carbocycles. The van der Waals surface area contributed by atoms with Crippen LogP contribution in [0.1, 0.15) is 35.8 Å². The van der Waals surface area contributed by atoms with Gasteiger partial charge in [0.05, 0.1) is 16.5 Å². The molecule has 24 heavy (non-hydrogen) atoms. The molecule has 8 heteroatoms. The van der Waals surface area contributed by atoms with Crippen molar-refractivity contribution in [2.45, 2.75) is 24.7 Å². The van der Waals surface area contributed by atoms with Crippen molar-refractivity contribution in [2.75, 3.05) is 0 Å². The van der Waals surface area contributed by atoms with Gasteiger partial charge >= 0.3 is 5.97 Å². The Morgan fingerprint density at radius 1 is 1.12 bits per heavy atom. The maximum atomic E-state index is 11.4. The van der Waals surface area contributed by atoms with E-state index in [1.807, 2.05) is 0 Å². The number of carboxylic acids is 1. The van der Waals surface area contributed by atoms with Crippen LogP contribution in [0.3, 0.4) is 0 Å². The predicted molar refractivity (Wildman–Crippen MR) is 81.6 cm³/mol. The topological polar surface area (TPSA) is 126 Å². The summed E-state index contributed by atoms with van der Waals surface area (Å²) in [6, 6.07) is 5.44. The molecule has 3 unspecified atom stereocenters. The second-order valence-electron chi connectivity index (χ2n) is 6.30. The predicted octanol–water partition coefficient (Wildman–Crippen LogP) is 2.47. The standard InChI is InChI=1S/C16H14N2O6/c19-14-12-7-5-10(11(6-7)16(21)22)13(12)15(20)17(14)8-1-3-9(4-2-8)18(23)24/h1-4,7,10-11,19-20H,5-6H2,(H,21,22). The lowest BCUT2D eigenvalue weighted by Crippen LogP contribution is -2.19. The lowest BCUT2D eigenvalue weighted by Gasteiger charge is -2.17. The number of nitrogens with zero attached hydrogens (tertiary/aromatic N) is 2. The first kappa shape index (κ1) is 14.6. The molecule has 3 atom stereocenters. The molecule has 2 bridgehead atoms. The largest absolute Gasteiger partial charge is 0.494 e. The molecular weight excluding hydrogens is 316 g/mol. The van der Waals surface area contributed by atoms with Crippen LogP contribution in [0.2, 0.25) is 0 Å². The quantitative estimate of drug-likeness (QED) is 0.586. The van der Waals surface area contributed by atoms with E-state index < -0.39 is 16.8 Å². The molecule has 0 radical (unpaired) electrons. The number of nitro benzene ring substituents is 1. The second kappa shape index (κ2) is 4.73. The normalized spacial score (nSPS) is 24.1. The Labute approximate surface area is 135 Å². The summed E-state index contributed by atoms with van der Waals surface area (Å²) >= 11 is 0. The summed E-state index contributed by atoms with van der Waals surface area (Å²) in [5.41, 5.74) is 1.39. The average Bonchev–Trinajstić information content (AvgIpc) is 3.19. The van der Waals surface area contributed by atoms with Crippen molar-refractivity contribution in [3.05, 3.63) is 45.5 Å². The van der Waals surface area contributed by atoms with Gasteiger partial charge in [-0.3, -0.25) is 19.5 Å². The first-order chi connectivity index (χ1) is 11.4. The summed E-state index contributed by atoms with van der Waals surface area (Å²) in [4.78, 5) is 21.6. The summed E-state index contributed by atoms with van der Waals surface area (Å²) in [6.07, 6.45) is 1.06. The van der Waals surface area contributed by atoms with E-state index in [1.165, 1.54) is 28.8 Å². The molecule has 1 aromatic heterocycles. The number of carbonyl (C=O) groups is 1. The summed E-state index contributed by atoms with van der Waals surface area (Å²) < 4.78 is 1.22. The van der Waals surface area contributed by atoms with E-state index in [4.69, 9.17) is 0 Å². The van der Waals surface area contributed by atoms with Crippen molar-refractivity contribution in [3.63, 3.8) is 0 Å². The Morgan fingerprint density at radius 2 is 1.75 bits per heavy atom. The Hall–Kier alpha value is -3.03. The molecule has 1 fully saturated rings. The van der Waals surface area contributed by atoms with Gasteiger partial charge in [-0.1, -0.05) is 0 Å². The maximum absolute atomic E-state index is 11.4. The number of carboxylic acid groups (broad SMARTS) is 1. The van der Waals surface area contributed by atoms with Crippen molar-refractivity contribution in [2.24, 2.45) is 5.92 Å². The van der Waals surface area contributed by atoms with E-state index in [0.29, 0.717) is 29.7 Å². The molecule has 3 N–H and O–H groups in total. The molecular formula is C16H14N2O6. The number of aliphatic carboxylic acids is 1. The first-order valence-corrected chi connectivity index (χ1v) is 7.54. The number of rotatable bonds is 3. The van der Waals surface area contributed by atoms with Gasteiger partial charge in [0.2, 0.25) is 11.8 Å². The van der Waals surface area contributed by atoms with Crippen molar-refractivity contribution < 1.29 is 25.0 Å². The van der Waals surface area contributed by atoms with Gasteiger partial charge in [0.15, 0.2) is 0 Å². The number of fused-ring (bicyclic) bond motifs is 5. The zero-order valence-corrected chi connectivity index (χ0v) is 12.4. The molecule has 1 saturated carbocycles. The number of non-ortho nitro benzene ring substituents is 1. The van der Waals surface area contributed by atoms with Gasteiger partial charge in [-0.05, 0) is 30.9 Å². The van der Waals surface area contributed by atoms with E-state index in [2.05, 4.69) is 0 Å². The highest BCUT2D eigenvalue weighted by Gasteiger charge is 2.51. The molecule has 0 spiro atoms. The van der Waals surface area contributed by atoms with E-state index in [9.17, 15) is 30.2 Å². The lowest BCUT2D eigenvalue weighted by molar-refractivity contribution is -0.384. The van der Waals surface area contributed by atoms with E-state index in [-0.39, 0.29) is 29.3 Å². The maximum Gasteiger partial charge on any atom is 0.307 e. The summed E-state index contributed by atoms with van der Waals surface area (Å²) in [7, 11) is 0. The zero-order valence-electron chi connectivity index (χ0n) is 12.4. The zero-order chi connectivity index (χ0) is 17.2. The van der Waals surface area contributed by atoms with Crippen LogP contribution in [0.4, 0.5) is 5.69 Å². The van der Waals surface area contributed by atoms with Crippen LogP contribution in [-0.4, -0.2) is 30.8 Å². The minimum Gasteiger partial charge on any atom is -0.494 e. The highest BCUT2D eigenvalue weighted by atomic mass is 16.6. The monoisotopic (exact) mass is 330 g/mol. The number of hydrogen-bond acceptors (Lipinski definition) is 5. The van der Waals surface area contributed by atoms with Gasteiger partial charge in [-0.2, -0.15) is 0 Å². The van der Waals surface area contributed by atoms with Crippen molar-refractivity contribution in [3.8, 4) is 17.4 Å². The van der Waals surface area contributed by atoms with E-state index >= 15 is 0 Å². The molecule has 124 valence electrons. The number of hydrogen-bond donors (Lipinski definition) is 3. The fraction of sp³-hybridized carbons (Fsp3) is 0.312. The Morgan fingerprint density at radius 3 is 2.33 bits per heavy atom. The van der Waals surface area contributed by atoms with Gasteiger partial charge in [-0.15, -0.1) is 0 Å². The van der Waals surface area contributed by atoms with Crippen LogP contribution in [-0.2, 0) is 4.79 Å². The van der Waals surface area contributed by atoms with Gasteiger partial charge < -0.3 is 15.3 Å². The third-order valence-corrected chi connectivity index (χ3v) is 5.17. The molecule has 0 saturated heterocycles. The Bertz CT molecular complexity index is 870. The molecule has 0 amide bonds. The van der Waals surface area contributed by atoms with Crippen LogP contribution in [0.25, 0.3) is 5.69 Å². The van der Waals surface area contributed by atoms with Crippen LogP contribution in [0, 0.1) is 16.0 Å². The summed E-state index contributed by atoms with van der Waals surface area (Å²) in [5, 5.41) is 41.1. The van der Waals surface area contributed by atoms with Crippen molar-refractivity contribution >= 4 is 11.7 Å². The van der Waals surface area contributed by atoms with E-state index in [0.717, 1.165) is 0 Å². The number of nitro groups is 1. The number of aromatic nitrogens is 1. The molecule has 0 aliphatic heterocycles. The smallest absolute Gasteiger partial charge is 0.307 e. The van der Waals surface area contributed by atoms with Gasteiger partial charge in [0.25, 0.3) is 5.69 Å². The molecule has 8 nitrogen and oxygen atoms in total. The summed E-state index contributed by atoms with van der Waals surface area (Å²) in [6.45, 7) is 0. The number of aromatic hydroxyl groups is 2. The molecule has 4 rings (SSSR count).